The zero-order valence-electron chi connectivity index (χ0n) is 8.35. The normalized spacial score (nSPS) is 12.6. The quantitative estimate of drug-likeness (QED) is 0.927. The Hall–Kier alpha value is -0.680. The van der Waals surface area contributed by atoms with Crippen LogP contribution in [0.3, 0.4) is 0 Å². The van der Waals surface area contributed by atoms with Crippen LogP contribution in [0, 0.1) is 0 Å². The molecule has 0 aromatic carbocycles. The fraction of sp³-hybridized carbons (Fsp3) is 0.182. The number of rotatable bonds is 4. The second kappa shape index (κ2) is 5.10. The number of carbonyl (C=O) groups excluding carboxylic acids is 1. The van der Waals surface area contributed by atoms with E-state index in [0.29, 0.717) is 10.8 Å². The molecule has 2 aromatic heterocycles. The van der Waals surface area contributed by atoms with E-state index in [2.05, 4.69) is 0 Å². The first kappa shape index (κ1) is 11.8. The van der Waals surface area contributed by atoms with Gasteiger partial charge in [-0.15, -0.1) is 22.7 Å². The van der Waals surface area contributed by atoms with Gasteiger partial charge in [-0.05, 0) is 23.6 Å². The monoisotopic (exact) mass is 271 g/mol. The molecule has 5 heteroatoms. The molecule has 0 amide bonds. The van der Waals surface area contributed by atoms with Gasteiger partial charge in [0.25, 0.3) is 0 Å². The van der Waals surface area contributed by atoms with Crippen molar-refractivity contribution < 1.29 is 4.79 Å². The highest BCUT2D eigenvalue weighted by Crippen LogP contribution is 2.24. The van der Waals surface area contributed by atoms with Gasteiger partial charge in [0.15, 0.2) is 5.78 Å². The third-order valence-corrected chi connectivity index (χ3v) is 4.36. The van der Waals surface area contributed by atoms with Crippen LogP contribution in [0.25, 0.3) is 0 Å². The van der Waals surface area contributed by atoms with Gasteiger partial charge in [0.05, 0.1) is 10.4 Å². The Balaban J connectivity index is 2.03. The van der Waals surface area contributed by atoms with Crippen LogP contribution in [0.5, 0.6) is 0 Å². The Labute approximate surface area is 107 Å². The number of carbonyl (C=O) groups is 1. The molecule has 2 aromatic rings. The molecule has 2 rings (SSSR count). The number of nitrogens with two attached hydrogens (primary N) is 1. The maximum atomic E-state index is 11.9. The van der Waals surface area contributed by atoms with Crippen LogP contribution in [-0.4, -0.2) is 5.78 Å². The summed E-state index contributed by atoms with van der Waals surface area (Å²) in [6.45, 7) is 0. The van der Waals surface area contributed by atoms with E-state index in [-0.39, 0.29) is 5.78 Å². The van der Waals surface area contributed by atoms with Crippen LogP contribution in [0.1, 0.15) is 15.8 Å². The summed E-state index contributed by atoms with van der Waals surface area (Å²) < 4.78 is 0.701. The third kappa shape index (κ3) is 2.71. The van der Waals surface area contributed by atoms with Gasteiger partial charge in [-0.3, -0.25) is 4.79 Å². The van der Waals surface area contributed by atoms with Gasteiger partial charge in [0, 0.05) is 16.2 Å². The average molecular weight is 272 g/mol. The second-order valence-electron chi connectivity index (χ2n) is 3.34. The van der Waals surface area contributed by atoms with Gasteiger partial charge < -0.3 is 5.73 Å². The molecule has 2 nitrogen and oxygen atoms in total. The lowest BCUT2D eigenvalue weighted by Crippen LogP contribution is -2.21. The van der Waals surface area contributed by atoms with Gasteiger partial charge in [-0.1, -0.05) is 17.7 Å². The summed E-state index contributed by atoms with van der Waals surface area (Å²) in [5.74, 6) is 0.0287. The van der Waals surface area contributed by atoms with Gasteiger partial charge in [0.2, 0.25) is 0 Å². The van der Waals surface area contributed by atoms with E-state index in [1.807, 2.05) is 23.6 Å². The summed E-state index contributed by atoms with van der Waals surface area (Å²) >= 11 is 8.73. The van der Waals surface area contributed by atoms with Crippen molar-refractivity contribution in [3.8, 4) is 0 Å². The molecular weight excluding hydrogens is 262 g/mol. The van der Waals surface area contributed by atoms with Crippen molar-refractivity contribution in [1.82, 2.24) is 0 Å². The van der Waals surface area contributed by atoms with Crippen molar-refractivity contribution in [2.24, 2.45) is 5.73 Å². The first-order chi connectivity index (χ1) is 7.66. The first-order valence-corrected chi connectivity index (χ1v) is 6.80. The molecule has 0 bridgehead atoms. The van der Waals surface area contributed by atoms with E-state index in [1.165, 1.54) is 22.7 Å². The number of ketones is 1. The van der Waals surface area contributed by atoms with Crippen LogP contribution in [-0.2, 0) is 11.2 Å². The van der Waals surface area contributed by atoms with Crippen molar-refractivity contribution >= 4 is 40.1 Å². The minimum Gasteiger partial charge on any atom is -0.317 e. The van der Waals surface area contributed by atoms with Crippen molar-refractivity contribution in [3.05, 3.63) is 43.7 Å². The Morgan fingerprint density at radius 1 is 1.44 bits per heavy atom. The number of Topliss-reactive ketones (excluding diaryl/α,β-unsaturated/α-hetero) is 1. The van der Waals surface area contributed by atoms with E-state index < -0.39 is 6.04 Å². The van der Waals surface area contributed by atoms with Gasteiger partial charge >= 0.3 is 0 Å². The van der Waals surface area contributed by atoms with Crippen LogP contribution in [0.15, 0.2) is 29.6 Å². The smallest absolute Gasteiger partial charge is 0.160 e. The average Bonchev–Trinajstić information content (AvgIpc) is 2.88. The fourth-order valence-electron chi connectivity index (χ4n) is 1.36. The van der Waals surface area contributed by atoms with Crippen LogP contribution < -0.4 is 5.73 Å². The fourth-order valence-corrected chi connectivity index (χ4v) is 3.20. The summed E-state index contributed by atoms with van der Waals surface area (Å²) in [6, 6.07) is 6.93. The Bertz CT molecular complexity index is 478. The molecule has 0 aliphatic heterocycles. The molecule has 84 valence electrons. The highest BCUT2D eigenvalue weighted by atomic mass is 35.5. The minimum absolute atomic E-state index is 0.0287. The maximum Gasteiger partial charge on any atom is 0.160 e. The van der Waals surface area contributed by atoms with Crippen LogP contribution in [0.2, 0.25) is 4.34 Å². The summed E-state index contributed by atoms with van der Waals surface area (Å²) in [5, 5.41) is 1.92. The van der Waals surface area contributed by atoms with E-state index in [0.717, 1.165) is 9.75 Å². The summed E-state index contributed by atoms with van der Waals surface area (Å²) in [5.41, 5.74) is 5.87. The first-order valence-electron chi connectivity index (χ1n) is 4.72. The third-order valence-electron chi connectivity index (χ3n) is 2.17. The number of hydrogen-bond donors (Lipinski definition) is 1. The maximum absolute atomic E-state index is 11.9. The number of halogens is 1. The van der Waals surface area contributed by atoms with Gasteiger partial charge in [-0.2, -0.15) is 0 Å². The summed E-state index contributed by atoms with van der Waals surface area (Å²) in [6.07, 6.45) is 0.358. The SMILES string of the molecule is NC(C(=O)Cc1ccc(Cl)s1)c1cccs1. The molecule has 0 radical (unpaired) electrons. The lowest BCUT2D eigenvalue weighted by molar-refractivity contribution is -0.119. The molecule has 2 N–H and O–H groups in total. The highest BCUT2D eigenvalue weighted by Gasteiger charge is 2.17. The molecular formula is C11H10ClNOS2. The van der Waals surface area contributed by atoms with Crippen LogP contribution in [0.4, 0.5) is 0 Å². The van der Waals surface area contributed by atoms with Crippen molar-refractivity contribution in [2.75, 3.05) is 0 Å². The molecule has 0 spiro atoms. The molecule has 16 heavy (non-hydrogen) atoms. The topological polar surface area (TPSA) is 43.1 Å². The van der Waals surface area contributed by atoms with Crippen molar-refractivity contribution in [3.63, 3.8) is 0 Å². The lowest BCUT2D eigenvalue weighted by atomic mass is 10.1. The zero-order valence-corrected chi connectivity index (χ0v) is 10.7. The minimum atomic E-state index is -0.513. The highest BCUT2D eigenvalue weighted by molar-refractivity contribution is 7.16. The molecule has 0 saturated heterocycles. The summed E-state index contributed by atoms with van der Waals surface area (Å²) in [7, 11) is 0. The molecule has 1 unspecified atom stereocenters. The Morgan fingerprint density at radius 2 is 2.25 bits per heavy atom. The van der Waals surface area contributed by atoms with E-state index in [4.69, 9.17) is 17.3 Å². The molecule has 0 fully saturated rings. The predicted octanol–water partition coefficient (Wildman–Crippen LogP) is 3.27. The zero-order chi connectivity index (χ0) is 11.5. The lowest BCUT2D eigenvalue weighted by Gasteiger charge is -2.06. The van der Waals surface area contributed by atoms with Gasteiger partial charge in [0.1, 0.15) is 0 Å². The Morgan fingerprint density at radius 3 is 2.81 bits per heavy atom. The van der Waals surface area contributed by atoms with E-state index in [1.54, 1.807) is 6.07 Å². The van der Waals surface area contributed by atoms with E-state index >= 15 is 0 Å². The summed E-state index contributed by atoms with van der Waals surface area (Å²) in [4.78, 5) is 13.7. The largest absolute Gasteiger partial charge is 0.317 e. The Kier molecular flexibility index (Phi) is 3.76. The number of thiophene rings is 2. The molecule has 0 aliphatic rings. The molecule has 0 aliphatic carbocycles. The molecule has 1 atom stereocenters. The molecule has 0 saturated carbocycles. The number of hydrogen-bond acceptors (Lipinski definition) is 4. The standard InChI is InChI=1S/C11H10ClNOS2/c12-10-4-3-7(16-10)6-8(14)11(13)9-2-1-5-15-9/h1-5,11H,6,13H2. The van der Waals surface area contributed by atoms with Crippen LogP contribution >= 0.6 is 34.3 Å². The van der Waals surface area contributed by atoms with Gasteiger partial charge in [-0.25, -0.2) is 0 Å². The second-order valence-corrected chi connectivity index (χ2v) is 6.12. The molecule has 2 heterocycles. The van der Waals surface area contributed by atoms with Crippen molar-refractivity contribution in [1.29, 1.82) is 0 Å². The van der Waals surface area contributed by atoms with Crippen molar-refractivity contribution in [2.45, 2.75) is 12.5 Å². The van der Waals surface area contributed by atoms with E-state index in [9.17, 15) is 4.79 Å². The predicted molar refractivity (Wildman–Crippen MR) is 69.3 cm³/mol.